The molecule has 0 amide bonds. The summed E-state index contributed by atoms with van der Waals surface area (Å²) in [7, 11) is 0. The lowest BCUT2D eigenvalue weighted by Crippen LogP contribution is -2.02. The van der Waals surface area contributed by atoms with E-state index in [1.165, 1.54) is 11.8 Å². The quantitative estimate of drug-likeness (QED) is 0.480. The van der Waals surface area contributed by atoms with E-state index in [-0.39, 0.29) is 5.97 Å². The van der Waals surface area contributed by atoms with Gasteiger partial charge in [-0.1, -0.05) is 15.9 Å². The summed E-state index contributed by atoms with van der Waals surface area (Å²) in [6.07, 6.45) is 0. The largest absolute Gasteiger partial charge is 0.465 e. The molecule has 0 radical (unpaired) electrons. The minimum Gasteiger partial charge on any atom is -0.465 e. The van der Waals surface area contributed by atoms with E-state index in [0.717, 1.165) is 10.2 Å². The molecule has 0 unspecified atom stereocenters. The number of rotatable bonds is 4. The predicted molar refractivity (Wildman–Crippen MR) is 61.5 cm³/mol. The average molecular weight is 275 g/mol. The van der Waals surface area contributed by atoms with Crippen molar-refractivity contribution in [3.63, 3.8) is 0 Å². The van der Waals surface area contributed by atoms with Gasteiger partial charge in [0.05, 0.1) is 0 Å². The number of ether oxygens (including phenoxy) is 1. The third-order valence-corrected chi connectivity index (χ3v) is 2.98. The zero-order valence-electron chi connectivity index (χ0n) is 7.83. The highest BCUT2D eigenvalue weighted by Gasteiger charge is 1.95. The normalized spacial score (nSPS) is 9.86. The van der Waals surface area contributed by atoms with Gasteiger partial charge in [-0.05, 0) is 24.3 Å². The standard InChI is InChI=1S/C10H11BrO2S/c1-8(12)13-6-7-14-10-4-2-9(11)3-5-10/h2-5H,6-7H2,1H3. The van der Waals surface area contributed by atoms with Gasteiger partial charge in [0.2, 0.25) is 0 Å². The fourth-order valence-corrected chi connectivity index (χ4v) is 1.87. The maximum Gasteiger partial charge on any atom is 0.302 e. The first-order valence-corrected chi connectivity index (χ1v) is 5.98. The molecule has 0 aliphatic heterocycles. The van der Waals surface area contributed by atoms with Gasteiger partial charge in [0, 0.05) is 22.0 Å². The zero-order valence-corrected chi connectivity index (χ0v) is 10.2. The predicted octanol–water partition coefficient (Wildman–Crippen LogP) is 3.10. The van der Waals surface area contributed by atoms with Gasteiger partial charge in [-0.3, -0.25) is 4.79 Å². The Hall–Kier alpha value is -0.480. The second-order valence-electron chi connectivity index (χ2n) is 2.64. The number of hydrogen-bond acceptors (Lipinski definition) is 3. The van der Waals surface area contributed by atoms with E-state index in [0.29, 0.717) is 6.61 Å². The first kappa shape index (κ1) is 11.6. The van der Waals surface area contributed by atoms with Gasteiger partial charge < -0.3 is 4.74 Å². The van der Waals surface area contributed by atoms with Crippen LogP contribution in [-0.4, -0.2) is 18.3 Å². The van der Waals surface area contributed by atoms with E-state index in [4.69, 9.17) is 4.74 Å². The van der Waals surface area contributed by atoms with Crippen LogP contribution in [0.1, 0.15) is 6.92 Å². The first-order valence-electron chi connectivity index (χ1n) is 4.20. The van der Waals surface area contributed by atoms with Crippen LogP contribution in [-0.2, 0) is 9.53 Å². The Morgan fingerprint density at radius 2 is 2.07 bits per heavy atom. The Morgan fingerprint density at radius 1 is 1.43 bits per heavy atom. The highest BCUT2D eigenvalue weighted by Crippen LogP contribution is 2.20. The van der Waals surface area contributed by atoms with Crippen LogP contribution in [0.15, 0.2) is 33.6 Å². The van der Waals surface area contributed by atoms with Crippen molar-refractivity contribution in [1.29, 1.82) is 0 Å². The summed E-state index contributed by atoms with van der Waals surface area (Å²) >= 11 is 5.04. The molecular formula is C10H11BrO2S. The Morgan fingerprint density at radius 3 is 2.64 bits per heavy atom. The van der Waals surface area contributed by atoms with E-state index in [1.54, 1.807) is 11.8 Å². The first-order chi connectivity index (χ1) is 6.68. The van der Waals surface area contributed by atoms with E-state index in [1.807, 2.05) is 24.3 Å². The van der Waals surface area contributed by atoms with Gasteiger partial charge in [0.15, 0.2) is 0 Å². The molecule has 0 saturated carbocycles. The van der Waals surface area contributed by atoms with Crippen LogP contribution in [0.25, 0.3) is 0 Å². The molecule has 0 spiro atoms. The molecule has 2 nitrogen and oxygen atoms in total. The van der Waals surface area contributed by atoms with Crippen LogP contribution >= 0.6 is 27.7 Å². The Balaban J connectivity index is 2.25. The SMILES string of the molecule is CC(=O)OCCSc1ccc(Br)cc1. The van der Waals surface area contributed by atoms with Crippen molar-refractivity contribution in [2.75, 3.05) is 12.4 Å². The molecule has 0 saturated heterocycles. The molecule has 1 rings (SSSR count). The molecule has 0 fully saturated rings. The number of esters is 1. The van der Waals surface area contributed by atoms with Gasteiger partial charge in [0.1, 0.15) is 6.61 Å². The van der Waals surface area contributed by atoms with Crippen LogP contribution in [0.2, 0.25) is 0 Å². The Labute approximate surface area is 96.2 Å². The molecule has 1 aromatic carbocycles. The third-order valence-electron chi connectivity index (χ3n) is 1.47. The lowest BCUT2D eigenvalue weighted by atomic mass is 10.4. The summed E-state index contributed by atoms with van der Waals surface area (Å²) in [6, 6.07) is 8.05. The van der Waals surface area contributed by atoms with Gasteiger partial charge >= 0.3 is 5.97 Å². The number of hydrogen-bond donors (Lipinski definition) is 0. The van der Waals surface area contributed by atoms with Gasteiger partial charge in [-0.2, -0.15) is 0 Å². The van der Waals surface area contributed by atoms with Gasteiger partial charge in [-0.15, -0.1) is 11.8 Å². The number of carbonyl (C=O) groups excluding carboxylic acids is 1. The van der Waals surface area contributed by atoms with Crippen LogP contribution in [0.3, 0.4) is 0 Å². The van der Waals surface area contributed by atoms with E-state index in [9.17, 15) is 4.79 Å². The summed E-state index contributed by atoms with van der Waals surface area (Å²) in [4.78, 5) is 11.6. The van der Waals surface area contributed by atoms with Crippen molar-refractivity contribution < 1.29 is 9.53 Å². The summed E-state index contributed by atoms with van der Waals surface area (Å²) in [5.41, 5.74) is 0. The molecule has 1 aromatic rings. The number of benzene rings is 1. The van der Waals surface area contributed by atoms with Gasteiger partial charge in [0.25, 0.3) is 0 Å². The van der Waals surface area contributed by atoms with E-state index >= 15 is 0 Å². The molecule has 0 aliphatic rings. The maximum absolute atomic E-state index is 10.5. The lowest BCUT2D eigenvalue weighted by Gasteiger charge is -2.02. The summed E-state index contributed by atoms with van der Waals surface area (Å²) in [6.45, 7) is 1.89. The molecule has 0 heterocycles. The molecule has 0 atom stereocenters. The molecule has 76 valence electrons. The van der Waals surface area contributed by atoms with Crippen molar-refractivity contribution in [1.82, 2.24) is 0 Å². The van der Waals surface area contributed by atoms with Crippen molar-refractivity contribution >= 4 is 33.7 Å². The van der Waals surface area contributed by atoms with Gasteiger partial charge in [-0.25, -0.2) is 0 Å². The monoisotopic (exact) mass is 274 g/mol. The highest BCUT2D eigenvalue weighted by molar-refractivity contribution is 9.10. The van der Waals surface area contributed by atoms with Crippen molar-refractivity contribution in [2.24, 2.45) is 0 Å². The van der Waals surface area contributed by atoms with Crippen LogP contribution in [0.4, 0.5) is 0 Å². The topological polar surface area (TPSA) is 26.3 Å². The molecule has 0 aliphatic carbocycles. The molecular weight excluding hydrogens is 264 g/mol. The second-order valence-corrected chi connectivity index (χ2v) is 4.73. The van der Waals surface area contributed by atoms with Crippen molar-refractivity contribution in [3.05, 3.63) is 28.7 Å². The fourth-order valence-electron chi connectivity index (χ4n) is 0.876. The summed E-state index contributed by atoms with van der Waals surface area (Å²) in [5.74, 6) is 0.572. The third kappa shape index (κ3) is 4.67. The van der Waals surface area contributed by atoms with E-state index < -0.39 is 0 Å². The highest BCUT2D eigenvalue weighted by atomic mass is 79.9. The lowest BCUT2D eigenvalue weighted by molar-refractivity contribution is -0.140. The fraction of sp³-hybridized carbons (Fsp3) is 0.300. The zero-order chi connectivity index (χ0) is 10.4. The van der Waals surface area contributed by atoms with Crippen LogP contribution in [0.5, 0.6) is 0 Å². The second kappa shape index (κ2) is 6.09. The van der Waals surface area contributed by atoms with Crippen molar-refractivity contribution in [2.45, 2.75) is 11.8 Å². The van der Waals surface area contributed by atoms with Crippen molar-refractivity contribution in [3.8, 4) is 0 Å². The molecule has 4 heteroatoms. The maximum atomic E-state index is 10.5. The minimum atomic E-state index is -0.221. The summed E-state index contributed by atoms with van der Waals surface area (Å²) in [5, 5.41) is 0. The number of thioether (sulfide) groups is 1. The smallest absolute Gasteiger partial charge is 0.302 e. The number of carbonyl (C=O) groups is 1. The van der Waals surface area contributed by atoms with Crippen LogP contribution in [0, 0.1) is 0 Å². The molecule has 0 bridgehead atoms. The van der Waals surface area contributed by atoms with Crippen LogP contribution < -0.4 is 0 Å². The minimum absolute atomic E-state index is 0.221. The molecule has 0 aromatic heterocycles. The molecule has 14 heavy (non-hydrogen) atoms. The average Bonchev–Trinajstić information content (AvgIpc) is 2.15. The molecule has 0 N–H and O–H groups in total. The summed E-state index contributed by atoms with van der Waals surface area (Å²) < 4.78 is 5.89. The Bertz CT molecular complexity index is 297. The number of halogens is 1. The Kier molecular flexibility index (Phi) is 5.04. The van der Waals surface area contributed by atoms with E-state index in [2.05, 4.69) is 15.9 Å².